The van der Waals surface area contributed by atoms with Gasteiger partial charge in [0.2, 0.25) is 16.0 Å². The number of ether oxygens (including phenoxy) is 1. The lowest BCUT2D eigenvalue weighted by atomic mass is 10.1. The number of aliphatic carboxylic acids is 1. The molecule has 0 unspecified atom stereocenters. The van der Waals surface area contributed by atoms with E-state index in [1.54, 1.807) is 26.8 Å². The summed E-state index contributed by atoms with van der Waals surface area (Å²) >= 11 is 0. The highest BCUT2D eigenvalue weighted by Crippen LogP contribution is 2.26. The Morgan fingerprint density at radius 1 is 1.31 bits per heavy atom. The van der Waals surface area contributed by atoms with E-state index in [1.807, 2.05) is 0 Å². The SMILES string of the molecule is CC(C)(C)NS(=O)(=O)COc1ccc2c(c1)c(C(N)=O)cn2CC(=O)O. The minimum Gasteiger partial charge on any atom is -0.480 e. The normalized spacial score (nSPS) is 12.3. The van der Waals surface area contributed by atoms with Crippen LogP contribution in [0.1, 0.15) is 31.1 Å². The lowest BCUT2D eigenvalue weighted by Crippen LogP contribution is -2.42. The Labute approximate surface area is 150 Å². The van der Waals surface area contributed by atoms with E-state index in [1.165, 1.54) is 22.9 Å². The van der Waals surface area contributed by atoms with Crippen LogP contribution in [-0.2, 0) is 21.4 Å². The molecule has 0 bridgehead atoms. The summed E-state index contributed by atoms with van der Waals surface area (Å²) in [4.78, 5) is 22.6. The second-order valence-corrected chi connectivity index (χ2v) is 8.51. The number of hydrogen-bond donors (Lipinski definition) is 3. The van der Waals surface area contributed by atoms with Crippen LogP contribution in [0.2, 0.25) is 0 Å². The van der Waals surface area contributed by atoms with Gasteiger partial charge in [-0.25, -0.2) is 13.1 Å². The Bertz CT molecular complexity index is 956. The Hall–Kier alpha value is -2.59. The fraction of sp³-hybridized carbons (Fsp3) is 0.375. The topological polar surface area (TPSA) is 141 Å². The van der Waals surface area contributed by atoms with Crippen LogP contribution in [0.15, 0.2) is 24.4 Å². The van der Waals surface area contributed by atoms with Gasteiger partial charge in [0.05, 0.1) is 5.56 Å². The fourth-order valence-corrected chi connectivity index (χ4v) is 3.76. The molecule has 2 aromatic rings. The number of nitrogens with two attached hydrogens (primary N) is 1. The highest BCUT2D eigenvalue weighted by atomic mass is 32.2. The molecule has 0 atom stereocenters. The molecule has 26 heavy (non-hydrogen) atoms. The zero-order valence-electron chi connectivity index (χ0n) is 14.6. The molecule has 0 radical (unpaired) electrons. The van der Waals surface area contributed by atoms with Crippen LogP contribution >= 0.6 is 0 Å². The number of primary amides is 1. The van der Waals surface area contributed by atoms with Crippen molar-refractivity contribution in [3.63, 3.8) is 0 Å². The van der Waals surface area contributed by atoms with Gasteiger partial charge >= 0.3 is 5.97 Å². The summed E-state index contributed by atoms with van der Waals surface area (Å²) in [5, 5.41) is 9.35. The third-order valence-corrected chi connectivity index (χ3v) is 4.62. The Kier molecular flexibility index (Phi) is 5.28. The number of carbonyl (C=O) groups is 2. The van der Waals surface area contributed by atoms with Crippen molar-refractivity contribution in [3.05, 3.63) is 30.0 Å². The van der Waals surface area contributed by atoms with Crippen molar-refractivity contribution in [2.24, 2.45) is 5.73 Å². The van der Waals surface area contributed by atoms with E-state index < -0.39 is 33.4 Å². The third kappa shape index (κ3) is 4.96. The second-order valence-electron chi connectivity index (χ2n) is 6.84. The molecule has 0 spiro atoms. The largest absolute Gasteiger partial charge is 0.480 e. The number of fused-ring (bicyclic) bond motifs is 1. The zero-order chi connectivity index (χ0) is 19.7. The van der Waals surface area contributed by atoms with E-state index in [0.717, 1.165) is 0 Å². The first-order chi connectivity index (χ1) is 11.9. The van der Waals surface area contributed by atoms with Crippen LogP contribution in [0.5, 0.6) is 5.75 Å². The minimum absolute atomic E-state index is 0.127. The molecule has 0 aliphatic heterocycles. The number of aromatic nitrogens is 1. The molecule has 1 aromatic carbocycles. The molecule has 0 saturated heterocycles. The van der Waals surface area contributed by atoms with Gasteiger partial charge in [-0.15, -0.1) is 0 Å². The third-order valence-electron chi connectivity index (χ3n) is 3.27. The molecule has 2 rings (SSSR count). The van der Waals surface area contributed by atoms with Gasteiger partial charge < -0.3 is 20.1 Å². The summed E-state index contributed by atoms with van der Waals surface area (Å²) in [6.45, 7) is 4.79. The van der Waals surface area contributed by atoms with Gasteiger partial charge in [-0.1, -0.05) is 0 Å². The monoisotopic (exact) mass is 383 g/mol. The van der Waals surface area contributed by atoms with Crippen LogP contribution in [0.25, 0.3) is 10.9 Å². The van der Waals surface area contributed by atoms with Crippen LogP contribution in [-0.4, -0.2) is 41.4 Å². The molecule has 1 amide bonds. The molecular weight excluding hydrogens is 362 g/mol. The first-order valence-electron chi connectivity index (χ1n) is 7.67. The number of amides is 1. The van der Waals surface area contributed by atoms with Gasteiger partial charge in [0, 0.05) is 22.6 Å². The van der Waals surface area contributed by atoms with Crippen LogP contribution in [0.3, 0.4) is 0 Å². The maximum atomic E-state index is 12.0. The smallest absolute Gasteiger partial charge is 0.323 e. The number of sulfonamides is 1. The van der Waals surface area contributed by atoms with E-state index in [-0.39, 0.29) is 17.9 Å². The van der Waals surface area contributed by atoms with Crippen molar-refractivity contribution in [1.29, 1.82) is 0 Å². The molecule has 0 aliphatic rings. The van der Waals surface area contributed by atoms with Gasteiger partial charge in [0.25, 0.3) is 5.91 Å². The molecule has 1 heterocycles. The fourth-order valence-electron chi connectivity index (χ4n) is 2.48. The molecule has 1 aromatic heterocycles. The highest BCUT2D eigenvalue weighted by Gasteiger charge is 2.21. The number of rotatable bonds is 7. The molecule has 0 fully saturated rings. The molecule has 10 heteroatoms. The first-order valence-corrected chi connectivity index (χ1v) is 9.32. The van der Waals surface area contributed by atoms with Gasteiger partial charge in [-0.2, -0.15) is 0 Å². The van der Waals surface area contributed by atoms with E-state index in [9.17, 15) is 18.0 Å². The summed E-state index contributed by atoms with van der Waals surface area (Å²) < 4.78 is 33.2. The lowest BCUT2D eigenvalue weighted by Gasteiger charge is -2.20. The number of carboxylic acids is 1. The number of carboxylic acid groups (broad SMARTS) is 1. The molecule has 4 N–H and O–H groups in total. The van der Waals surface area contributed by atoms with Crippen molar-refractivity contribution in [2.45, 2.75) is 32.9 Å². The summed E-state index contributed by atoms with van der Waals surface area (Å²) in [5.41, 5.74) is 5.30. The summed E-state index contributed by atoms with van der Waals surface area (Å²) in [6.07, 6.45) is 1.35. The van der Waals surface area contributed by atoms with Crippen molar-refractivity contribution in [1.82, 2.24) is 9.29 Å². The quantitative estimate of drug-likeness (QED) is 0.648. The number of carbonyl (C=O) groups excluding carboxylic acids is 1. The molecule has 0 saturated carbocycles. The average molecular weight is 383 g/mol. The number of benzene rings is 1. The highest BCUT2D eigenvalue weighted by molar-refractivity contribution is 7.89. The number of nitrogens with one attached hydrogen (secondary N) is 1. The van der Waals surface area contributed by atoms with E-state index in [0.29, 0.717) is 10.9 Å². The van der Waals surface area contributed by atoms with Crippen LogP contribution in [0, 0.1) is 0 Å². The summed E-state index contributed by atoms with van der Waals surface area (Å²) in [7, 11) is -3.67. The average Bonchev–Trinajstić information content (AvgIpc) is 2.80. The van der Waals surface area contributed by atoms with Gasteiger partial charge in [-0.05, 0) is 39.0 Å². The maximum absolute atomic E-state index is 12.0. The molecule has 9 nitrogen and oxygen atoms in total. The van der Waals surface area contributed by atoms with Crippen molar-refractivity contribution < 1.29 is 27.9 Å². The zero-order valence-corrected chi connectivity index (χ0v) is 15.5. The second kappa shape index (κ2) is 6.96. The van der Waals surface area contributed by atoms with Gasteiger partial charge in [-0.3, -0.25) is 9.59 Å². The molecular formula is C16H21N3O6S. The van der Waals surface area contributed by atoms with Gasteiger partial charge in [0.1, 0.15) is 12.3 Å². The predicted molar refractivity (Wildman–Crippen MR) is 95.4 cm³/mol. The Morgan fingerprint density at radius 2 is 1.96 bits per heavy atom. The predicted octanol–water partition coefficient (Wildman–Crippen LogP) is 0.879. The van der Waals surface area contributed by atoms with Crippen LogP contribution < -0.4 is 15.2 Å². The van der Waals surface area contributed by atoms with E-state index in [4.69, 9.17) is 15.6 Å². The van der Waals surface area contributed by atoms with Crippen LogP contribution in [0.4, 0.5) is 0 Å². The Morgan fingerprint density at radius 3 is 2.50 bits per heavy atom. The minimum atomic E-state index is -3.67. The van der Waals surface area contributed by atoms with Crippen molar-refractivity contribution in [3.8, 4) is 5.75 Å². The van der Waals surface area contributed by atoms with Gasteiger partial charge in [0.15, 0.2) is 0 Å². The summed E-state index contributed by atoms with van der Waals surface area (Å²) in [6, 6.07) is 4.50. The Balaban J connectivity index is 2.32. The summed E-state index contributed by atoms with van der Waals surface area (Å²) in [5.74, 6) is -2.18. The standard InChI is InChI=1S/C16H21N3O6S/c1-16(2,3)18-26(23,24)9-25-10-4-5-13-11(6-10)12(15(17)22)7-19(13)8-14(20)21/h4-7,18H,8-9H2,1-3H3,(H2,17,22)(H,20,21). The first kappa shape index (κ1) is 19.7. The maximum Gasteiger partial charge on any atom is 0.323 e. The van der Waals surface area contributed by atoms with Crippen molar-refractivity contribution in [2.75, 3.05) is 5.94 Å². The molecule has 0 aliphatic carbocycles. The number of hydrogen-bond acceptors (Lipinski definition) is 5. The molecule has 142 valence electrons. The van der Waals surface area contributed by atoms with E-state index in [2.05, 4.69) is 4.72 Å². The van der Waals surface area contributed by atoms with Crippen molar-refractivity contribution >= 4 is 32.8 Å². The lowest BCUT2D eigenvalue weighted by molar-refractivity contribution is -0.137. The number of nitrogens with zero attached hydrogens (tertiary/aromatic N) is 1. The van der Waals surface area contributed by atoms with E-state index >= 15 is 0 Å².